The van der Waals surface area contributed by atoms with Gasteiger partial charge in [-0.25, -0.2) is 0 Å². The van der Waals surface area contributed by atoms with E-state index in [-0.39, 0.29) is 0 Å². The Balaban J connectivity index is 1.86. The Kier molecular flexibility index (Phi) is 2.81. The van der Waals surface area contributed by atoms with Crippen LogP contribution in [0.25, 0.3) is 0 Å². The third-order valence-electron chi connectivity index (χ3n) is 3.86. The molecule has 1 spiro atoms. The number of nitrogens with zero attached hydrogens (tertiary/aromatic N) is 2. The van der Waals surface area contributed by atoms with Gasteiger partial charge in [-0.15, -0.1) is 0 Å². The van der Waals surface area contributed by atoms with Crippen LogP contribution in [0.5, 0.6) is 0 Å². The van der Waals surface area contributed by atoms with Crippen molar-refractivity contribution in [2.75, 3.05) is 13.1 Å². The molecule has 3 fully saturated rings. The van der Waals surface area contributed by atoms with Crippen molar-refractivity contribution in [3.63, 3.8) is 0 Å². The molecule has 0 N–H and O–H groups in total. The van der Waals surface area contributed by atoms with Crippen LogP contribution in [0.2, 0.25) is 0 Å². The summed E-state index contributed by atoms with van der Waals surface area (Å²) in [5, 5.41) is 0. The van der Waals surface area contributed by atoms with Crippen molar-refractivity contribution < 1.29 is 17.5 Å². The van der Waals surface area contributed by atoms with E-state index in [4.69, 9.17) is 0 Å². The molecule has 3 aliphatic rings. The van der Waals surface area contributed by atoms with E-state index < -0.39 is 0 Å². The van der Waals surface area contributed by atoms with E-state index in [0.29, 0.717) is 23.0 Å². The molecule has 0 aromatic rings. The van der Waals surface area contributed by atoms with Gasteiger partial charge in [0.2, 0.25) is 0 Å². The normalized spacial score (nSPS) is 50.6. The number of hydrogen-bond donors (Lipinski definition) is 0. The standard InChI is InChI=1S/C8H12I3N2/c9-11-12-5-3-8-6(7(8)12)2-1-4-13(8)10/h6-7H,1-5H2/q-1. The van der Waals surface area contributed by atoms with E-state index in [0.717, 1.165) is 12.0 Å². The molecule has 3 unspecified atom stereocenters. The fourth-order valence-electron chi connectivity index (χ4n) is 3.26. The maximum atomic E-state index is 2.79. The number of halogens is 3. The summed E-state index contributed by atoms with van der Waals surface area (Å²) in [5.41, 5.74) is 0.656. The molecule has 3 rings (SSSR count). The summed E-state index contributed by atoms with van der Waals surface area (Å²) in [4.78, 5) is 0. The third-order valence-corrected chi connectivity index (χ3v) is 9.93. The zero-order valence-corrected chi connectivity index (χ0v) is 13.7. The summed E-state index contributed by atoms with van der Waals surface area (Å²) < 4.78 is 5.43. The molecule has 0 radical (unpaired) electrons. The van der Waals surface area contributed by atoms with Gasteiger partial charge in [-0.2, -0.15) is 0 Å². The molecule has 0 aromatic heterocycles. The van der Waals surface area contributed by atoms with Crippen LogP contribution in [-0.4, -0.2) is 30.9 Å². The van der Waals surface area contributed by atoms with Gasteiger partial charge in [0.05, 0.1) is 0 Å². The van der Waals surface area contributed by atoms with Gasteiger partial charge in [-0.3, -0.25) is 0 Å². The Labute approximate surface area is 113 Å². The van der Waals surface area contributed by atoms with Crippen LogP contribution in [0.1, 0.15) is 19.3 Å². The Bertz CT molecular complexity index is 237. The molecule has 0 aromatic carbocycles. The van der Waals surface area contributed by atoms with Crippen molar-refractivity contribution in [2.24, 2.45) is 5.92 Å². The molecular formula is C8H12I3N2-. The van der Waals surface area contributed by atoms with Crippen LogP contribution in [0.4, 0.5) is 0 Å². The molecule has 2 nitrogen and oxygen atoms in total. The van der Waals surface area contributed by atoms with Crippen LogP contribution < -0.4 is 17.5 Å². The SMILES string of the molecule is I[I-]N1CCC23C(CCCN2I)C13. The first kappa shape index (κ1) is 10.3. The summed E-state index contributed by atoms with van der Waals surface area (Å²) in [7, 11) is 0. The number of piperidine rings is 2. The van der Waals surface area contributed by atoms with E-state index in [1.54, 1.807) is 0 Å². The molecule has 1 saturated carbocycles. The molecule has 1 aliphatic carbocycles. The van der Waals surface area contributed by atoms with Crippen LogP contribution in [0.15, 0.2) is 0 Å². The zero-order chi connectivity index (χ0) is 9.05. The van der Waals surface area contributed by atoms with Crippen molar-refractivity contribution in [3.05, 3.63) is 0 Å². The van der Waals surface area contributed by atoms with Crippen LogP contribution in [0, 0.1) is 5.92 Å². The summed E-state index contributed by atoms with van der Waals surface area (Å²) in [5.74, 6) is 1.04. The van der Waals surface area contributed by atoms with Crippen LogP contribution >= 0.6 is 41.5 Å². The third kappa shape index (κ3) is 1.29. The minimum absolute atomic E-state index is 0.315. The first-order valence-electron chi connectivity index (χ1n) is 4.77. The molecule has 5 heteroatoms. The number of hydrogen-bond acceptors (Lipinski definition) is 2. The molecule has 0 amide bonds. The molecule has 13 heavy (non-hydrogen) atoms. The fourth-order valence-corrected chi connectivity index (χ4v) is 8.75. The first-order chi connectivity index (χ1) is 6.30. The Morgan fingerprint density at radius 1 is 1.38 bits per heavy atom. The molecule has 2 heterocycles. The summed E-state index contributed by atoms with van der Waals surface area (Å²) in [6.07, 6.45) is 4.38. The Morgan fingerprint density at radius 3 is 2.92 bits per heavy atom. The van der Waals surface area contributed by atoms with E-state index in [9.17, 15) is 0 Å². The molecule has 0 bridgehead atoms. The molecule has 2 saturated heterocycles. The monoisotopic (exact) mass is 517 g/mol. The summed E-state index contributed by atoms with van der Waals surface area (Å²) >= 11 is 5.51. The predicted molar refractivity (Wildman–Crippen MR) is 65.3 cm³/mol. The van der Waals surface area contributed by atoms with Gasteiger partial charge >= 0.3 is 115 Å². The van der Waals surface area contributed by atoms with Crippen molar-refractivity contribution in [1.82, 2.24) is 6.23 Å². The Morgan fingerprint density at radius 2 is 2.23 bits per heavy atom. The number of rotatable bonds is 1. The van der Waals surface area contributed by atoms with Gasteiger partial charge in [0.1, 0.15) is 0 Å². The van der Waals surface area contributed by atoms with Gasteiger partial charge < -0.3 is 0 Å². The van der Waals surface area contributed by atoms with E-state index in [1.165, 1.54) is 32.4 Å². The van der Waals surface area contributed by atoms with Gasteiger partial charge in [-0.05, 0) is 0 Å². The quantitative estimate of drug-likeness (QED) is 0.334. The number of fused-ring (bicyclic) bond motifs is 1. The Hall–Kier alpha value is 2.11. The topological polar surface area (TPSA) is 6.48 Å². The van der Waals surface area contributed by atoms with Crippen molar-refractivity contribution in [3.8, 4) is 0 Å². The van der Waals surface area contributed by atoms with Gasteiger partial charge in [0, 0.05) is 0 Å². The minimum atomic E-state index is 0.315. The van der Waals surface area contributed by atoms with Crippen molar-refractivity contribution in [1.29, 1.82) is 0 Å². The molecular weight excluding hydrogens is 505 g/mol. The maximum absolute atomic E-state index is 2.79. The predicted octanol–water partition coefficient (Wildman–Crippen LogP) is -0.771. The second-order valence-corrected chi connectivity index (χ2v) is 9.42. The van der Waals surface area contributed by atoms with Gasteiger partial charge in [0.25, 0.3) is 0 Å². The van der Waals surface area contributed by atoms with Crippen LogP contribution in [-0.2, 0) is 0 Å². The summed E-state index contributed by atoms with van der Waals surface area (Å²) in [6.45, 7) is 2.72. The molecule has 76 valence electrons. The second kappa shape index (κ2) is 3.56. The molecule has 3 atom stereocenters. The van der Waals surface area contributed by atoms with Crippen molar-refractivity contribution in [2.45, 2.75) is 30.8 Å². The van der Waals surface area contributed by atoms with E-state index in [1.807, 2.05) is 0 Å². The van der Waals surface area contributed by atoms with Crippen LogP contribution in [0.3, 0.4) is 0 Å². The van der Waals surface area contributed by atoms with Gasteiger partial charge in [0.15, 0.2) is 0 Å². The van der Waals surface area contributed by atoms with Gasteiger partial charge in [-0.1, -0.05) is 0 Å². The average Bonchev–Trinajstić information content (AvgIpc) is 2.68. The fraction of sp³-hybridized carbons (Fsp3) is 1.00. The first-order valence-corrected chi connectivity index (χ1v) is 13.0. The average molecular weight is 517 g/mol. The van der Waals surface area contributed by atoms with E-state index in [2.05, 4.69) is 47.7 Å². The van der Waals surface area contributed by atoms with E-state index >= 15 is 0 Å². The molecule has 2 aliphatic heterocycles. The second-order valence-electron chi connectivity index (χ2n) is 4.21. The zero-order valence-electron chi connectivity index (χ0n) is 7.22. The summed E-state index contributed by atoms with van der Waals surface area (Å²) in [6, 6.07) is 0.969. The van der Waals surface area contributed by atoms with Crippen molar-refractivity contribution >= 4 is 41.5 Å².